The molecule has 0 unspecified atom stereocenters. The number of para-hydroxylation sites is 4. The molecule has 13 rings (SSSR count). The Morgan fingerprint density at radius 1 is 0.306 bits per heavy atom. The van der Waals surface area contributed by atoms with Crippen LogP contribution in [0.1, 0.15) is 0 Å². The Hall–Kier alpha value is -8.48. The molecule has 6 nitrogen and oxygen atoms in total. The van der Waals surface area contributed by atoms with E-state index in [9.17, 15) is 0 Å². The summed E-state index contributed by atoms with van der Waals surface area (Å²) in [6.07, 6.45) is 0. The maximum absolute atomic E-state index is 6.40. The summed E-state index contributed by atoms with van der Waals surface area (Å²) >= 11 is 0. The van der Waals surface area contributed by atoms with Crippen molar-refractivity contribution >= 4 is 65.6 Å². The maximum Gasteiger partial charge on any atom is 0.168 e. The second-order valence-corrected chi connectivity index (χ2v) is 15.9. The number of furan rings is 1. The van der Waals surface area contributed by atoms with E-state index in [0.29, 0.717) is 0 Å². The van der Waals surface area contributed by atoms with Gasteiger partial charge in [0, 0.05) is 55.1 Å². The summed E-state index contributed by atoms with van der Waals surface area (Å²) in [6, 6.07) is 75.2. The van der Waals surface area contributed by atoms with Crippen LogP contribution in [-0.2, 0) is 0 Å². The van der Waals surface area contributed by atoms with Gasteiger partial charge in [0.05, 0.1) is 27.5 Å². The van der Waals surface area contributed by atoms with E-state index in [1.54, 1.807) is 0 Å². The van der Waals surface area contributed by atoms with Crippen molar-refractivity contribution in [3.63, 3.8) is 0 Å². The Balaban J connectivity index is 0.982. The zero-order valence-electron chi connectivity index (χ0n) is 33.4. The summed E-state index contributed by atoms with van der Waals surface area (Å²) < 4.78 is 13.4. The highest BCUT2D eigenvalue weighted by Crippen LogP contribution is 2.42. The van der Waals surface area contributed by atoms with Crippen molar-refractivity contribution in [3.8, 4) is 51.0 Å². The molecule has 0 saturated carbocycles. The fourth-order valence-electron chi connectivity index (χ4n) is 9.64. The zero-order chi connectivity index (χ0) is 40.7. The van der Waals surface area contributed by atoms with Crippen LogP contribution in [0.5, 0.6) is 0 Å². The molecule has 9 aromatic carbocycles. The smallest absolute Gasteiger partial charge is 0.168 e. The third-order valence-electron chi connectivity index (χ3n) is 12.4. The van der Waals surface area contributed by atoms with Crippen molar-refractivity contribution < 1.29 is 4.42 Å². The van der Waals surface area contributed by atoms with Gasteiger partial charge in [0.25, 0.3) is 0 Å². The second-order valence-electron chi connectivity index (χ2n) is 15.9. The van der Waals surface area contributed by atoms with Crippen molar-refractivity contribution in [3.05, 3.63) is 212 Å². The third kappa shape index (κ3) is 5.17. The van der Waals surface area contributed by atoms with E-state index >= 15 is 0 Å². The van der Waals surface area contributed by atoms with E-state index in [0.717, 1.165) is 95.0 Å². The van der Waals surface area contributed by atoms with Gasteiger partial charge in [-0.3, -0.25) is 4.57 Å². The first-order chi connectivity index (χ1) is 30.8. The summed E-state index contributed by atoms with van der Waals surface area (Å²) in [6.45, 7) is 0. The van der Waals surface area contributed by atoms with Gasteiger partial charge < -0.3 is 13.6 Å². The highest BCUT2D eigenvalue weighted by Gasteiger charge is 2.22. The number of aromatic nitrogens is 5. The van der Waals surface area contributed by atoms with Crippen molar-refractivity contribution in [1.82, 2.24) is 23.9 Å². The van der Waals surface area contributed by atoms with Crippen LogP contribution in [0.4, 0.5) is 0 Å². The quantitative estimate of drug-likeness (QED) is 0.168. The highest BCUT2D eigenvalue weighted by molar-refractivity contribution is 6.24. The van der Waals surface area contributed by atoms with Gasteiger partial charge in [-0.25, -0.2) is 0 Å². The van der Waals surface area contributed by atoms with Gasteiger partial charge in [-0.05, 0) is 83.9 Å². The molecule has 290 valence electrons. The molecule has 0 aliphatic carbocycles. The molecule has 0 radical (unpaired) electrons. The predicted molar refractivity (Wildman–Crippen MR) is 254 cm³/mol. The molecule has 4 aromatic heterocycles. The lowest BCUT2D eigenvalue weighted by molar-refractivity contribution is 0.669. The number of fused-ring (bicyclic) bond motifs is 10. The normalized spacial score (nSPS) is 11.9. The molecule has 13 aromatic rings. The Kier molecular flexibility index (Phi) is 7.50. The van der Waals surface area contributed by atoms with Crippen LogP contribution in [0.3, 0.4) is 0 Å². The van der Waals surface area contributed by atoms with E-state index in [1.165, 1.54) is 21.5 Å². The van der Waals surface area contributed by atoms with Crippen LogP contribution in [0.25, 0.3) is 117 Å². The molecular formula is C56H35N5O. The summed E-state index contributed by atoms with van der Waals surface area (Å²) in [5, 5.41) is 16.7. The van der Waals surface area contributed by atoms with Gasteiger partial charge in [0.2, 0.25) is 0 Å². The molecule has 6 heteroatoms. The van der Waals surface area contributed by atoms with Crippen molar-refractivity contribution in [1.29, 1.82) is 0 Å². The molecular weight excluding hydrogens is 759 g/mol. The standard InChI is InChI=1S/C56H35N5O/c1-3-15-36(16-4-1)55-57-58-56(61(55)40-19-5-2-6-20-40)39-29-30-45-43-23-7-10-26-48(43)59(50(45)35-39)41-21-13-17-37(33-41)38-18-14-22-42(34-38)60-49-27-11-8-24-44(49)46-31-32-52-53(54(46)60)47-25-9-12-28-51(47)62-52/h1-35H. The van der Waals surface area contributed by atoms with Crippen molar-refractivity contribution in [2.45, 2.75) is 0 Å². The fraction of sp³-hybridized carbons (Fsp3) is 0. The summed E-state index contributed by atoms with van der Waals surface area (Å²) in [5.41, 5.74) is 13.8. The minimum absolute atomic E-state index is 0.782. The number of rotatable bonds is 6. The van der Waals surface area contributed by atoms with Crippen LogP contribution in [-0.4, -0.2) is 23.9 Å². The first-order valence-electron chi connectivity index (χ1n) is 20.9. The molecule has 0 fully saturated rings. The summed E-state index contributed by atoms with van der Waals surface area (Å²) in [7, 11) is 0. The van der Waals surface area contributed by atoms with Gasteiger partial charge in [0.1, 0.15) is 11.2 Å². The lowest BCUT2D eigenvalue weighted by Gasteiger charge is -2.14. The highest BCUT2D eigenvalue weighted by atomic mass is 16.3. The minimum Gasteiger partial charge on any atom is -0.456 e. The van der Waals surface area contributed by atoms with E-state index in [-0.39, 0.29) is 0 Å². The topological polar surface area (TPSA) is 53.7 Å². The van der Waals surface area contributed by atoms with Crippen LogP contribution in [0.2, 0.25) is 0 Å². The minimum atomic E-state index is 0.782. The second kappa shape index (κ2) is 13.5. The van der Waals surface area contributed by atoms with E-state index in [1.807, 2.05) is 30.3 Å². The molecule has 0 saturated heterocycles. The average molecular weight is 794 g/mol. The monoisotopic (exact) mass is 793 g/mol. The number of benzene rings is 9. The van der Waals surface area contributed by atoms with Gasteiger partial charge in [0.15, 0.2) is 11.6 Å². The fourth-order valence-corrected chi connectivity index (χ4v) is 9.64. The Morgan fingerprint density at radius 3 is 1.58 bits per heavy atom. The first-order valence-corrected chi connectivity index (χ1v) is 20.9. The third-order valence-corrected chi connectivity index (χ3v) is 12.4. The molecule has 0 N–H and O–H groups in total. The van der Waals surface area contributed by atoms with E-state index in [2.05, 4.69) is 196 Å². The van der Waals surface area contributed by atoms with Crippen LogP contribution >= 0.6 is 0 Å². The van der Waals surface area contributed by atoms with Gasteiger partial charge in [-0.2, -0.15) is 0 Å². The molecule has 4 heterocycles. The zero-order valence-corrected chi connectivity index (χ0v) is 33.4. The average Bonchev–Trinajstić information content (AvgIpc) is 4.11. The number of hydrogen-bond donors (Lipinski definition) is 0. The van der Waals surface area contributed by atoms with Gasteiger partial charge in [-0.15, -0.1) is 10.2 Å². The van der Waals surface area contributed by atoms with Crippen molar-refractivity contribution in [2.75, 3.05) is 0 Å². The molecule has 0 aliphatic rings. The largest absolute Gasteiger partial charge is 0.456 e. The Bertz CT molecular complexity index is 3870. The summed E-state index contributed by atoms with van der Waals surface area (Å²) in [4.78, 5) is 0. The Morgan fingerprint density at radius 2 is 0.839 bits per heavy atom. The predicted octanol–water partition coefficient (Wildman–Crippen LogP) is 14.4. The molecule has 0 atom stereocenters. The Labute approximate surface area is 355 Å². The molecule has 0 amide bonds. The lowest BCUT2D eigenvalue weighted by Crippen LogP contribution is -2.00. The molecule has 0 bridgehead atoms. The van der Waals surface area contributed by atoms with Crippen LogP contribution < -0.4 is 0 Å². The number of hydrogen-bond acceptors (Lipinski definition) is 3. The van der Waals surface area contributed by atoms with Crippen LogP contribution in [0.15, 0.2) is 217 Å². The SMILES string of the molecule is c1ccc(-c2nnc(-c3ccc4c5ccccc5n(-c5cccc(-c6cccc(-n7c8ccccc8c8ccc9oc%10ccccc%10c9c87)c6)c5)c4c3)n2-c2ccccc2)cc1. The first kappa shape index (κ1) is 34.4. The number of nitrogens with zero attached hydrogens (tertiary/aromatic N) is 5. The van der Waals surface area contributed by atoms with Crippen LogP contribution in [0, 0.1) is 0 Å². The molecule has 0 aliphatic heterocycles. The maximum atomic E-state index is 6.40. The van der Waals surface area contributed by atoms with Crippen molar-refractivity contribution in [2.24, 2.45) is 0 Å². The van der Waals surface area contributed by atoms with E-state index < -0.39 is 0 Å². The van der Waals surface area contributed by atoms with Gasteiger partial charge >= 0.3 is 0 Å². The molecule has 62 heavy (non-hydrogen) atoms. The summed E-state index contributed by atoms with van der Waals surface area (Å²) in [5.74, 6) is 1.58. The molecule has 0 spiro atoms. The van der Waals surface area contributed by atoms with E-state index in [4.69, 9.17) is 14.6 Å². The van der Waals surface area contributed by atoms with Gasteiger partial charge in [-0.1, -0.05) is 140 Å². The lowest BCUT2D eigenvalue weighted by atomic mass is 10.0.